The van der Waals surface area contributed by atoms with Crippen molar-refractivity contribution in [3.63, 3.8) is 0 Å². The SMILES string of the molecule is COc1ccc(S(=O)(=O)N2CCC[C@H](C(=O)N(C)CC(=O)Nc3cccc4ccccc34)C2)cc1. The highest BCUT2D eigenvalue weighted by Gasteiger charge is 2.34. The van der Waals surface area contributed by atoms with Gasteiger partial charge in [-0.25, -0.2) is 8.42 Å². The Hall–Kier alpha value is -3.43. The number of fused-ring (bicyclic) bond motifs is 1. The Morgan fingerprint density at radius 2 is 1.77 bits per heavy atom. The zero-order valence-corrected chi connectivity index (χ0v) is 20.6. The summed E-state index contributed by atoms with van der Waals surface area (Å²) in [4.78, 5) is 27.3. The number of methoxy groups -OCH3 is 1. The van der Waals surface area contributed by atoms with Crippen LogP contribution in [0, 0.1) is 5.92 Å². The molecule has 184 valence electrons. The Morgan fingerprint density at radius 3 is 2.51 bits per heavy atom. The van der Waals surface area contributed by atoms with Gasteiger partial charge in [0.1, 0.15) is 5.75 Å². The first kappa shape index (κ1) is 24.7. The number of piperidine rings is 1. The highest BCUT2D eigenvalue weighted by Crippen LogP contribution is 2.26. The molecule has 3 aromatic carbocycles. The molecular formula is C26H29N3O5S. The van der Waals surface area contributed by atoms with Gasteiger partial charge in [-0.1, -0.05) is 36.4 Å². The molecule has 1 N–H and O–H groups in total. The van der Waals surface area contributed by atoms with Crippen molar-refractivity contribution in [2.75, 3.05) is 39.1 Å². The zero-order valence-electron chi connectivity index (χ0n) is 19.8. The summed E-state index contributed by atoms with van der Waals surface area (Å²) in [6, 6.07) is 19.6. The van der Waals surface area contributed by atoms with Crippen molar-refractivity contribution in [1.82, 2.24) is 9.21 Å². The van der Waals surface area contributed by atoms with Gasteiger partial charge in [0.2, 0.25) is 21.8 Å². The smallest absolute Gasteiger partial charge is 0.244 e. The fraction of sp³-hybridized carbons (Fsp3) is 0.308. The Bertz CT molecular complexity index is 1320. The Labute approximate surface area is 205 Å². The van der Waals surface area contributed by atoms with Crippen molar-refractivity contribution < 1.29 is 22.7 Å². The number of ether oxygens (including phenoxy) is 1. The van der Waals surface area contributed by atoms with Crippen molar-refractivity contribution in [2.45, 2.75) is 17.7 Å². The molecule has 0 aromatic heterocycles. The summed E-state index contributed by atoms with van der Waals surface area (Å²) in [7, 11) is -0.648. The molecule has 9 heteroatoms. The molecular weight excluding hydrogens is 466 g/mol. The maximum Gasteiger partial charge on any atom is 0.244 e. The molecule has 1 fully saturated rings. The van der Waals surface area contributed by atoms with Crippen LogP contribution in [-0.2, 0) is 19.6 Å². The van der Waals surface area contributed by atoms with Gasteiger partial charge in [-0.15, -0.1) is 0 Å². The maximum absolute atomic E-state index is 13.1. The number of amides is 2. The molecule has 4 rings (SSSR count). The number of carbonyl (C=O) groups is 2. The molecule has 1 heterocycles. The minimum Gasteiger partial charge on any atom is -0.497 e. The summed E-state index contributed by atoms with van der Waals surface area (Å²) < 4.78 is 32.7. The van der Waals surface area contributed by atoms with Crippen LogP contribution in [0.2, 0.25) is 0 Å². The second-order valence-corrected chi connectivity index (χ2v) is 10.6. The van der Waals surface area contributed by atoms with Gasteiger partial charge >= 0.3 is 0 Å². The van der Waals surface area contributed by atoms with Gasteiger partial charge < -0.3 is 15.0 Å². The number of benzene rings is 3. The van der Waals surface area contributed by atoms with E-state index in [1.165, 1.54) is 28.4 Å². The Morgan fingerprint density at radius 1 is 1.06 bits per heavy atom. The largest absolute Gasteiger partial charge is 0.497 e. The van der Waals surface area contributed by atoms with Crippen molar-refractivity contribution in [1.29, 1.82) is 0 Å². The highest BCUT2D eigenvalue weighted by molar-refractivity contribution is 7.89. The summed E-state index contributed by atoms with van der Waals surface area (Å²) in [6.07, 6.45) is 1.14. The lowest BCUT2D eigenvalue weighted by Gasteiger charge is -2.33. The predicted molar refractivity (Wildman–Crippen MR) is 135 cm³/mol. The molecule has 0 bridgehead atoms. The fourth-order valence-corrected chi connectivity index (χ4v) is 5.91. The second-order valence-electron chi connectivity index (χ2n) is 8.65. The highest BCUT2D eigenvalue weighted by atomic mass is 32.2. The van der Waals surface area contributed by atoms with Crippen LogP contribution in [-0.4, -0.2) is 63.2 Å². The summed E-state index contributed by atoms with van der Waals surface area (Å²) in [6.45, 7) is 0.315. The molecule has 0 aliphatic carbocycles. The standard InChI is InChI=1S/C26H29N3O5S/c1-28(18-25(30)27-24-11-5-8-19-7-3-4-10-23(19)24)26(31)20-9-6-16-29(17-20)35(32,33)22-14-12-21(34-2)13-15-22/h3-5,7-8,10-15,20H,6,9,16-18H2,1-2H3,(H,27,30)/t20-/m0/s1. The van der Waals surface area contributed by atoms with E-state index in [1.54, 1.807) is 19.2 Å². The summed E-state index contributed by atoms with van der Waals surface area (Å²) in [5, 5.41) is 4.82. The van der Waals surface area contributed by atoms with Gasteiger partial charge in [0.05, 0.1) is 24.5 Å². The summed E-state index contributed by atoms with van der Waals surface area (Å²) in [5.41, 5.74) is 0.684. The lowest BCUT2D eigenvalue weighted by atomic mass is 9.98. The van der Waals surface area contributed by atoms with Gasteiger partial charge in [0.15, 0.2) is 0 Å². The van der Waals surface area contributed by atoms with Crippen molar-refractivity contribution in [3.8, 4) is 5.75 Å². The molecule has 2 amide bonds. The first-order valence-corrected chi connectivity index (χ1v) is 12.9. The number of likely N-dealkylation sites (N-methyl/N-ethyl adjacent to an activating group) is 1. The normalized spacial score (nSPS) is 16.6. The summed E-state index contributed by atoms with van der Waals surface area (Å²) >= 11 is 0. The van der Waals surface area contributed by atoms with Crippen LogP contribution in [0.1, 0.15) is 12.8 Å². The topological polar surface area (TPSA) is 96.0 Å². The summed E-state index contributed by atoms with van der Waals surface area (Å²) in [5.74, 6) is -0.491. The minimum absolute atomic E-state index is 0.0858. The predicted octanol–water partition coefficient (Wildman–Crippen LogP) is 3.35. The van der Waals surface area contributed by atoms with E-state index in [-0.39, 0.29) is 29.8 Å². The average Bonchev–Trinajstić information content (AvgIpc) is 2.88. The minimum atomic E-state index is -3.74. The second kappa shape index (κ2) is 10.5. The van der Waals surface area contributed by atoms with Crippen molar-refractivity contribution in [3.05, 3.63) is 66.7 Å². The van der Waals surface area contributed by atoms with Crippen molar-refractivity contribution >= 4 is 38.3 Å². The van der Waals surface area contributed by atoms with Crippen LogP contribution >= 0.6 is 0 Å². The van der Waals surface area contributed by atoms with Crippen LogP contribution in [0.3, 0.4) is 0 Å². The maximum atomic E-state index is 13.1. The van der Waals surface area contributed by atoms with E-state index in [0.29, 0.717) is 30.8 Å². The van der Waals surface area contributed by atoms with E-state index >= 15 is 0 Å². The Balaban J connectivity index is 1.39. The zero-order chi connectivity index (χ0) is 25.0. The number of nitrogens with one attached hydrogen (secondary N) is 1. The third-order valence-corrected chi connectivity index (χ3v) is 8.13. The lowest BCUT2D eigenvalue weighted by Crippen LogP contribution is -2.47. The molecule has 8 nitrogen and oxygen atoms in total. The first-order chi connectivity index (χ1) is 16.8. The molecule has 1 aliphatic heterocycles. The number of rotatable bonds is 7. The molecule has 1 atom stereocenters. The van der Waals surface area contributed by atoms with Gasteiger partial charge in [-0.3, -0.25) is 9.59 Å². The number of hydrogen-bond donors (Lipinski definition) is 1. The average molecular weight is 496 g/mol. The monoisotopic (exact) mass is 495 g/mol. The van der Waals surface area contributed by atoms with Crippen molar-refractivity contribution in [2.24, 2.45) is 5.92 Å². The third-order valence-electron chi connectivity index (χ3n) is 6.25. The van der Waals surface area contributed by atoms with E-state index in [9.17, 15) is 18.0 Å². The van der Waals surface area contributed by atoms with E-state index < -0.39 is 15.9 Å². The molecule has 0 radical (unpaired) electrons. The molecule has 0 saturated carbocycles. The van der Waals surface area contributed by atoms with Crippen LogP contribution in [0.4, 0.5) is 5.69 Å². The van der Waals surface area contributed by atoms with E-state index in [4.69, 9.17) is 4.74 Å². The van der Waals surface area contributed by atoms with Gasteiger partial charge in [0.25, 0.3) is 0 Å². The van der Waals surface area contributed by atoms with E-state index in [2.05, 4.69) is 5.32 Å². The number of hydrogen-bond acceptors (Lipinski definition) is 5. The molecule has 0 unspecified atom stereocenters. The van der Waals surface area contributed by atoms with Crippen LogP contribution in [0.25, 0.3) is 10.8 Å². The van der Waals surface area contributed by atoms with Gasteiger partial charge in [0, 0.05) is 31.2 Å². The molecule has 1 aliphatic rings. The van der Waals surface area contributed by atoms with E-state index in [0.717, 1.165) is 10.8 Å². The Kier molecular flexibility index (Phi) is 7.37. The van der Waals surface area contributed by atoms with Gasteiger partial charge in [-0.05, 0) is 48.6 Å². The number of sulfonamides is 1. The van der Waals surface area contributed by atoms with E-state index in [1.807, 2.05) is 42.5 Å². The molecule has 3 aromatic rings. The van der Waals surface area contributed by atoms with Crippen LogP contribution in [0.5, 0.6) is 5.75 Å². The number of anilines is 1. The molecule has 0 spiro atoms. The van der Waals surface area contributed by atoms with Crippen LogP contribution in [0.15, 0.2) is 71.6 Å². The van der Waals surface area contributed by atoms with Gasteiger partial charge in [-0.2, -0.15) is 4.31 Å². The lowest BCUT2D eigenvalue weighted by molar-refractivity contribution is -0.138. The quantitative estimate of drug-likeness (QED) is 0.542. The fourth-order valence-electron chi connectivity index (χ4n) is 4.39. The number of nitrogens with zero attached hydrogens (tertiary/aromatic N) is 2. The first-order valence-electron chi connectivity index (χ1n) is 11.5. The molecule has 35 heavy (non-hydrogen) atoms. The number of carbonyl (C=O) groups excluding carboxylic acids is 2. The molecule has 1 saturated heterocycles. The third kappa shape index (κ3) is 5.47. The van der Waals surface area contributed by atoms with Crippen LogP contribution < -0.4 is 10.1 Å².